The number of aryl methyl sites for hydroxylation is 1. The van der Waals surface area contributed by atoms with Crippen LogP contribution in [0.1, 0.15) is 75.3 Å². The summed E-state index contributed by atoms with van der Waals surface area (Å²) in [5.74, 6) is -0.291. The molecule has 1 aliphatic heterocycles. The Labute approximate surface area is 194 Å². The summed E-state index contributed by atoms with van der Waals surface area (Å²) in [6, 6.07) is 17.1. The van der Waals surface area contributed by atoms with Crippen molar-refractivity contribution in [2.75, 3.05) is 13.7 Å². The van der Waals surface area contributed by atoms with E-state index in [0.717, 1.165) is 29.5 Å². The molecule has 2 amide bonds. The predicted octanol–water partition coefficient (Wildman–Crippen LogP) is 5.57. The standard InChI is InChI=1S/C28H29NO4/c1-17(2)19-11-13-21-20(15-25(28(32)33-4)22(21)14-12-19)10-9-18(3)16-29-26(30)23-7-5-6-8-24(23)27(29)31/h5-8,11-15,17-18H,9-10,16H2,1-4H3/t18-/m0/s1. The lowest BCUT2D eigenvalue weighted by Crippen LogP contribution is -2.34. The lowest BCUT2D eigenvalue weighted by atomic mass is 9.99. The highest BCUT2D eigenvalue weighted by atomic mass is 16.5. The van der Waals surface area contributed by atoms with Crippen molar-refractivity contribution in [2.45, 2.75) is 39.5 Å². The van der Waals surface area contributed by atoms with Crippen LogP contribution in [0.3, 0.4) is 0 Å². The van der Waals surface area contributed by atoms with Gasteiger partial charge in [0.15, 0.2) is 0 Å². The molecule has 4 rings (SSSR count). The molecule has 0 radical (unpaired) electrons. The first-order valence-corrected chi connectivity index (χ1v) is 11.4. The fourth-order valence-electron chi connectivity index (χ4n) is 4.52. The minimum absolute atomic E-state index is 0.113. The number of amides is 2. The Balaban J connectivity index is 1.53. The number of hydrogen-bond donors (Lipinski definition) is 0. The molecule has 0 unspecified atom stereocenters. The SMILES string of the molecule is COC(=O)c1cc(CC[C@H](C)CN2C(=O)c3ccccc3C2=O)c2ccc(C(C)C)ccc1-2. The van der Waals surface area contributed by atoms with E-state index in [4.69, 9.17) is 4.74 Å². The molecule has 0 spiro atoms. The summed E-state index contributed by atoms with van der Waals surface area (Å²) in [7, 11) is 1.40. The number of fused-ring (bicyclic) bond motifs is 2. The van der Waals surface area contributed by atoms with Crippen LogP contribution in [0, 0.1) is 5.92 Å². The molecule has 0 saturated carbocycles. The Morgan fingerprint density at radius 2 is 1.48 bits per heavy atom. The third kappa shape index (κ3) is 4.28. The lowest BCUT2D eigenvalue weighted by Gasteiger charge is -2.19. The van der Waals surface area contributed by atoms with Gasteiger partial charge in [-0.15, -0.1) is 0 Å². The first-order chi connectivity index (χ1) is 15.8. The summed E-state index contributed by atoms with van der Waals surface area (Å²) >= 11 is 0. The van der Waals surface area contributed by atoms with Gasteiger partial charge in [0.1, 0.15) is 0 Å². The molecule has 0 fully saturated rings. The Hall–Kier alpha value is -3.47. The molecule has 0 bridgehead atoms. The maximum atomic E-state index is 12.7. The number of hydrogen-bond acceptors (Lipinski definition) is 4. The molecule has 1 aromatic rings. The number of ether oxygens (including phenoxy) is 1. The summed E-state index contributed by atoms with van der Waals surface area (Å²) in [4.78, 5) is 39.1. The van der Waals surface area contributed by atoms with E-state index in [9.17, 15) is 14.4 Å². The van der Waals surface area contributed by atoms with Gasteiger partial charge in [0.05, 0.1) is 23.8 Å². The Kier molecular flexibility index (Phi) is 6.32. The van der Waals surface area contributed by atoms with Crippen LogP contribution in [0.5, 0.6) is 0 Å². The molecular weight excluding hydrogens is 414 g/mol. The minimum Gasteiger partial charge on any atom is -0.465 e. The third-order valence-corrected chi connectivity index (χ3v) is 6.48. The second kappa shape index (κ2) is 9.18. The zero-order chi connectivity index (χ0) is 23.7. The lowest BCUT2D eigenvalue weighted by molar-refractivity contribution is 0.0597. The van der Waals surface area contributed by atoms with E-state index in [1.807, 2.05) is 19.1 Å². The molecule has 1 heterocycles. The number of benzene rings is 1. The van der Waals surface area contributed by atoms with Crippen molar-refractivity contribution in [1.82, 2.24) is 4.90 Å². The largest absolute Gasteiger partial charge is 0.465 e. The molecule has 1 aromatic carbocycles. The number of methoxy groups -OCH3 is 1. The first kappa shape index (κ1) is 22.7. The van der Waals surface area contributed by atoms with Crippen molar-refractivity contribution in [2.24, 2.45) is 5.92 Å². The third-order valence-electron chi connectivity index (χ3n) is 6.48. The van der Waals surface area contributed by atoms with Gasteiger partial charge >= 0.3 is 5.97 Å². The molecule has 1 atom stereocenters. The second-order valence-corrected chi connectivity index (χ2v) is 9.13. The summed E-state index contributed by atoms with van der Waals surface area (Å²) in [5, 5.41) is 0. The summed E-state index contributed by atoms with van der Waals surface area (Å²) in [6.07, 6.45) is 1.52. The van der Waals surface area contributed by atoms with Gasteiger partial charge in [0, 0.05) is 6.54 Å². The van der Waals surface area contributed by atoms with Crippen LogP contribution >= 0.6 is 0 Å². The fourth-order valence-corrected chi connectivity index (χ4v) is 4.52. The van der Waals surface area contributed by atoms with Crippen molar-refractivity contribution in [3.8, 4) is 11.1 Å². The van der Waals surface area contributed by atoms with E-state index in [2.05, 4.69) is 32.0 Å². The van der Waals surface area contributed by atoms with Crippen LogP contribution in [-0.4, -0.2) is 36.3 Å². The quantitative estimate of drug-likeness (QED) is 0.354. The second-order valence-electron chi connectivity index (χ2n) is 9.13. The van der Waals surface area contributed by atoms with Crippen molar-refractivity contribution in [3.05, 3.63) is 82.4 Å². The average Bonchev–Trinajstić information content (AvgIpc) is 3.15. The highest BCUT2D eigenvalue weighted by Crippen LogP contribution is 2.35. The topological polar surface area (TPSA) is 63.7 Å². The zero-order valence-corrected chi connectivity index (χ0v) is 19.6. The maximum absolute atomic E-state index is 12.7. The van der Waals surface area contributed by atoms with Gasteiger partial charge in [-0.1, -0.05) is 57.2 Å². The summed E-state index contributed by atoms with van der Waals surface area (Å²) < 4.78 is 5.01. The molecule has 5 heteroatoms. The molecule has 0 aromatic heterocycles. The molecule has 2 aliphatic carbocycles. The van der Waals surface area contributed by atoms with Crippen LogP contribution in [0.2, 0.25) is 0 Å². The molecule has 3 aliphatic rings. The van der Waals surface area contributed by atoms with Gasteiger partial charge in [-0.3, -0.25) is 14.5 Å². The Bertz CT molecular complexity index is 1160. The molecule has 33 heavy (non-hydrogen) atoms. The van der Waals surface area contributed by atoms with E-state index in [0.29, 0.717) is 29.2 Å². The first-order valence-electron chi connectivity index (χ1n) is 11.4. The van der Waals surface area contributed by atoms with Gasteiger partial charge in [0.2, 0.25) is 0 Å². The van der Waals surface area contributed by atoms with E-state index in [-0.39, 0.29) is 23.7 Å². The van der Waals surface area contributed by atoms with Crippen molar-refractivity contribution >= 4 is 17.8 Å². The highest BCUT2D eigenvalue weighted by molar-refractivity contribution is 6.21. The average molecular weight is 444 g/mol. The normalized spacial score (nSPS) is 14.2. The molecule has 0 saturated heterocycles. The van der Waals surface area contributed by atoms with Crippen LogP contribution in [0.25, 0.3) is 11.1 Å². The molecule has 0 N–H and O–H groups in total. The van der Waals surface area contributed by atoms with Gasteiger partial charge < -0.3 is 4.74 Å². The fraction of sp³-hybridized carbons (Fsp3) is 0.321. The molecular formula is C28H29NO4. The zero-order valence-electron chi connectivity index (χ0n) is 19.6. The van der Waals surface area contributed by atoms with Gasteiger partial charge in [0.25, 0.3) is 11.8 Å². The van der Waals surface area contributed by atoms with E-state index < -0.39 is 0 Å². The van der Waals surface area contributed by atoms with E-state index in [1.54, 1.807) is 24.3 Å². The van der Waals surface area contributed by atoms with Crippen LogP contribution in [-0.2, 0) is 11.2 Å². The van der Waals surface area contributed by atoms with Gasteiger partial charge in [-0.2, -0.15) is 0 Å². The maximum Gasteiger partial charge on any atom is 0.338 e. The van der Waals surface area contributed by atoms with Crippen LogP contribution in [0.15, 0.2) is 54.6 Å². The molecule has 5 nitrogen and oxygen atoms in total. The van der Waals surface area contributed by atoms with Crippen LogP contribution in [0.4, 0.5) is 0 Å². The molecule has 170 valence electrons. The van der Waals surface area contributed by atoms with Crippen molar-refractivity contribution in [1.29, 1.82) is 0 Å². The smallest absolute Gasteiger partial charge is 0.338 e. The predicted molar refractivity (Wildman–Crippen MR) is 128 cm³/mol. The highest BCUT2D eigenvalue weighted by Gasteiger charge is 2.35. The van der Waals surface area contributed by atoms with Crippen molar-refractivity contribution < 1.29 is 19.1 Å². The van der Waals surface area contributed by atoms with Gasteiger partial charge in [-0.05, 0) is 65.1 Å². The number of carbonyl (C=O) groups excluding carboxylic acids is 3. The summed E-state index contributed by atoms with van der Waals surface area (Å²) in [5.41, 5.74) is 5.73. The Morgan fingerprint density at radius 1 is 0.879 bits per heavy atom. The number of nitrogens with zero attached hydrogens (tertiary/aromatic N) is 1. The van der Waals surface area contributed by atoms with Crippen molar-refractivity contribution in [3.63, 3.8) is 0 Å². The van der Waals surface area contributed by atoms with E-state index in [1.165, 1.54) is 17.6 Å². The van der Waals surface area contributed by atoms with Crippen LogP contribution < -0.4 is 0 Å². The monoisotopic (exact) mass is 443 g/mol. The number of esters is 1. The van der Waals surface area contributed by atoms with E-state index >= 15 is 0 Å². The Morgan fingerprint density at radius 3 is 2.06 bits per heavy atom. The minimum atomic E-state index is -0.345. The number of imide groups is 1. The number of carbonyl (C=O) groups is 3. The summed E-state index contributed by atoms with van der Waals surface area (Å²) in [6.45, 7) is 6.71. The van der Waals surface area contributed by atoms with Gasteiger partial charge in [-0.25, -0.2) is 4.79 Å². The number of rotatable bonds is 7.